The molecule has 7 heteroatoms. The average Bonchev–Trinajstić information content (AvgIpc) is 2.65. The van der Waals surface area contributed by atoms with Crippen LogP contribution in [0.1, 0.15) is 26.3 Å². The molecule has 1 aliphatic rings. The fourth-order valence-corrected chi connectivity index (χ4v) is 2.32. The number of rotatable bonds is 6. The second-order valence-corrected chi connectivity index (χ2v) is 5.04. The van der Waals surface area contributed by atoms with Crippen molar-refractivity contribution in [3.63, 3.8) is 0 Å². The van der Waals surface area contributed by atoms with Gasteiger partial charge in [0.1, 0.15) is 23.8 Å². The van der Waals surface area contributed by atoms with Crippen LogP contribution >= 0.6 is 0 Å². The predicted octanol–water partition coefficient (Wildman–Crippen LogP) is 2.84. The molecule has 25 heavy (non-hydrogen) atoms. The lowest BCUT2D eigenvalue weighted by Gasteiger charge is -2.18. The van der Waals surface area contributed by atoms with Crippen LogP contribution in [0.15, 0.2) is 48.9 Å². The smallest absolute Gasteiger partial charge is 0.335 e. The molecule has 1 heterocycles. The number of carboxylic acids is 1. The van der Waals surface area contributed by atoms with E-state index in [1.807, 2.05) is 0 Å². The van der Waals surface area contributed by atoms with Crippen LogP contribution in [-0.2, 0) is 4.74 Å². The standard InChI is InChI=1S/C18H14O7/c1-22-10-25-13-6-7-14-17(24-9-8-23-14)15(13)16(19)11-2-4-12(5-3-11)18(20)21/h2-9H,10H2,1H3,(H,20,21). The highest BCUT2D eigenvalue weighted by Gasteiger charge is 2.25. The highest BCUT2D eigenvalue weighted by Crippen LogP contribution is 2.40. The maximum atomic E-state index is 13.0. The average molecular weight is 342 g/mol. The lowest BCUT2D eigenvalue weighted by molar-refractivity contribution is 0.0501. The minimum atomic E-state index is -1.07. The zero-order valence-corrected chi connectivity index (χ0v) is 13.2. The molecule has 1 aliphatic heterocycles. The van der Waals surface area contributed by atoms with Crippen LogP contribution in [0.5, 0.6) is 17.2 Å². The fraction of sp³-hybridized carbons (Fsp3) is 0.111. The van der Waals surface area contributed by atoms with E-state index < -0.39 is 11.8 Å². The SMILES string of the molecule is COCOc1ccc2c(c1C(=O)c1ccc(C(=O)O)cc1)OC=CO2. The Kier molecular flexibility index (Phi) is 4.67. The summed E-state index contributed by atoms with van der Waals surface area (Å²) in [5, 5.41) is 8.97. The zero-order chi connectivity index (χ0) is 17.8. The van der Waals surface area contributed by atoms with Crippen molar-refractivity contribution in [1.29, 1.82) is 0 Å². The maximum Gasteiger partial charge on any atom is 0.335 e. The highest BCUT2D eigenvalue weighted by atomic mass is 16.7. The second-order valence-electron chi connectivity index (χ2n) is 5.04. The van der Waals surface area contributed by atoms with E-state index in [9.17, 15) is 9.59 Å². The number of methoxy groups -OCH3 is 1. The summed E-state index contributed by atoms with van der Waals surface area (Å²) in [7, 11) is 1.47. The molecule has 0 atom stereocenters. The molecule has 7 nitrogen and oxygen atoms in total. The molecule has 128 valence electrons. The Bertz CT molecular complexity index is 837. The minimum Gasteiger partial charge on any atom is -0.478 e. The highest BCUT2D eigenvalue weighted by molar-refractivity contribution is 6.13. The van der Waals surface area contributed by atoms with Gasteiger partial charge in [-0.2, -0.15) is 0 Å². The second kappa shape index (κ2) is 7.06. The molecule has 0 aliphatic carbocycles. The van der Waals surface area contributed by atoms with Gasteiger partial charge in [-0.25, -0.2) is 4.79 Å². The first-order valence-corrected chi connectivity index (χ1v) is 7.27. The van der Waals surface area contributed by atoms with Gasteiger partial charge in [0, 0.05) is 12.7 Å². The summed E-state index contributed by atoms with van der Waals surface area (Å²) < 4.78 is 21.1. The van der Waals surface area contributed by atoms with Gasteiger partial charge >= 0.3 is 5.97 Å². The van der Waals surface area contributed by atoms with Gasteiger partial charge in [-0.05, 0) is 24.3 Å². The fourth-order valence-electron chi connectivity index (χ4n) is 2.32. The van der Waals surface area contributed by atoms with Crippen LogP contribution in [0.3, 0.4) is 0 Å². The van der Waals surface area contributed by atoms with Crippen molar-refractivity contribution in [2.75, 3.05) is 13.9 Å². The van der Waals surface area contributed by atoms with Crippen LogP contribution < -0.4 is 14.2 Å². The Morgan fingerprint density at radius 2 is 1.68 bits per heavy atom. The summed E-state index contributed by atoms with van der Waals surface area (Å²) in [6, 6.07) is 8.79. The van der Waals surface area contributed by atoms with Crippen LogP contribution in [0, 0.1) is 0 Å². The third kappa shape index (κ3) is 3.31. The topological polar surface area (TPSA) is 91.3 Å². The summed E-state index contributed by atoms with van der Waals surface area (Å²) in [6.07, 6.45) is 2.67. The summed E-state index contributed by atoms with van der Waals surface area (Å²) in [6.45, 7) is -0.0479. The Morgan fingerprint density at radius 1 is 1.00 bits per heavy atom. The van der Waals surface area contributed by atoms with Crippen molar-refractivity contribution in [2.24, 2.45) is 0 Å². The lowest BCUT2D eigenvalue weighted by Crippen LogP contribution is -2.11. The Hall–Kier alpha value is -3.32. The molecule has 0 radical (unpaired) electrons. The van der Waals surface area contributed by atoms with Crippen LogP contribution in [0.4, 0.5) is 0 Å². The van der Waals surface area contributed by atoms with Crippen molar-refractivity contribution in [3.8, 4) is 17.2 Å². The van der Waals surface area contributed by atoms with E-state index in [0.717, 1.165) is 0 Å². The lowest BCUT2D eigenvalue weighted by atomic mass is 9.99. The molecule has 0 saturated heterocycles. The number of carbonyl (C=O) groups excluding carboxylic acids is 1. The summed E-state index contributed by atoms with van der Waals surface area (Å²) in [5.41, 5.74) is 0.547. The van der Waals surface area contributed by atoms with Crippen LogP contribution in [-0.4, -0.2) is 30.8 Å². The van der Waals surface area contributed by atoms with E-state index in [0.29, 0.717) is 11.3 Å². The normalized spacial score (nSPS) is 11.9. The Morgan fingerprint density at radius 3 is 2.36 bits per heavy atom. The number of hydrogen-bond acceptors (Lipinski definition) is 6. The number of ether oxygens (including phenoxy) is 4. The van der Waals surface area contributed by atoms with Gasteiger partial charge in [0.25, 0.3) is 0 Å². The molecule has 3 rings (SSSR count). The van der Waals surface area contributed by atoms with Gasteiger partial charge in [0.05, 0.1) is 5.56 Å². The van der Waals surface area contributed by atoms with Gasteiger partial charge in [0.2, 0.25) is 5.78 Å². The molecule has 0 fully saturated rings. The largest absolute Gasteiger partial charge is 0.478 e. The van der Waals surface area contributed by atoms with Gasteiger partial charge in [0.15, 0.2) is 18.3 Å². The molecule has 0 unspecified atom stereocenters. The quantitative estimate of drug-likeness (QED) is 0.637. The predicted molar refractivity (Wildman–Crippen MR) is 86.2 cm³/mol. The first kappa shape index (κ1) is 16.5. The van der Waals surface area contributed by atoms with Crippen LogP contribution in [0.2, 0.25) is 0 Å². The van der Waals surface area contributed by atoms with Gasteiger partial charge in [-0.15, -0.1) is 0 Å². The van der Waals surface area contributed by atoms with E-state index in [4.69, 9.17) is 24.1 Å². The number of hydrogen-bond donors (Lipinski definition) is 1. The molecule has 0 bridgehead atoms. The first-order chi connectivity index (χ1) is 12.1. The molecular weight excluding hydrogens is 328 g/mol. The molecule has 2 aromatic carbocycles. The van der Waals surface area contributed by atoms with Gasteiger partial charge in [-0.1, -0.05) is 12.1 Å². The van der Waals surface area contributed by atoms with E-state index >= 15 is 0 Å². The van der Waals surface area contributed by atoms with Gasteiger partial charge < -0.3 is 24.1 Å². The number of aromatic carboxylic acids is 1. The number of benzene rings is 2. The number of carboxylic acid groups (broad SMARTS) is 1. The third-order valence-electron chi connectivity index (χ3n) is 3.47. The molecule has 0 spiro atoms. The van der Waals surface area contributed by atoms with Crippen LogP contribution in [0.25, 0.3) is 0 Å². The van der Waals surface area contributed by atoms with Crippen molar-refractivity contribution >= 4 is 11.8 Å². The van der Waals surface area contributed by atoms with E-state index in [1.54, 1.807) is 12.1 Å². The van der Waals surface area contributed by atoms with Gasteiger partial charge in [-0.3, -0.25) is 4.79 Å². The Labute approximate surface area is 143 Å². The summed E-state index contributed by atoms with van der Waals surface area (Å²) >= 11 is 0. The Balaban J connectivity index is 2.04. The zero-order valence-electron chi connectivity index (χ0n) is 13.2. The molecule has 0 amide bonds. The number of fused-ring (bicyclic) bond motifs is 1. The molecule has 0 saturated carbocycles. The van der Waals surface area contributed by atoms with E-state index in [1.165, 1.54) is 43.9 Å². The van der Waals surface area contributed by atoms with Crippen molar-refractivity contribution in [3.05, 3.63) is 65.6 Å². The van der Waals surface area contributed by atoms with Crippen molar-refractivity contribution in [1.82, 2.24) is 0 Å². The monoisotopic (exact) mass is 342 g/mol. The minimum absolute atomic E-state index is 0.0479. The summed E-state index contributed by atoms with van der Waals surface area (Å²) in [4.78, 5) is 23.9. The maximum absolute atomic E-state index is 13.0. The first-order valence-electron chi connectivity index (χ1n) is 7.27. The molecule has 2 aromatic rings. The van der Waals surface area contributed by atoms with E-state index in [-0.39, 0.29) is 29.4 Å². The van der Waals surface area contributed by atoms with Crippen molar-refractivity contribution < 1.29 is 33.6 Å². The van der Waals surface area contributed by atoms with E-state index in [2.05, 4.69) is 0 Å². The molecular formula is C18H14O7. The summed E-state index contributed by atoms with van der Waals surface area (Å²) in [5.74, 6) is -0.589. The third-order valence-corrected chi connectivity index (χ3v) is 3.47. The number of carbonyl (C=O) groups is 2. The number of ketones is 1. The van der Waals surface area contributed by atoms with Crippen molar-refractivity contribution in [2.45, 2.75) is 0 Å². The molecule has 1 N–H and O–H groups in total. The molecule has 0 aromatic heterocycles.